The summed E-state index contributed by atoms with van der Waals surface area (Å²) in [6, 6.07) is 8.20. The molecule has 0 amide bonds. The number of benzene rings is 1. The normalized spacial score (nSPS) is 20.1. The highest BCUT2D eigenvalue weighted by Crippen LogP contribution is 2.24. The minimum atomic E-state index is 0.0593. The monoisotopic (exact) mass is 234 g/mol. The molecular formula is C13H14O2S. The average Bonchev–Trinajstić information content (AvgIpc) is 2.30. The van der Waals surface area contributed by atoms with Crippen molar-refractivity contribution in [2.75, 3.05) is 0 Å². The van der Waals surface area contributed by atoms with Crippen molar-refractivity contribution in [3.8, 4) is 0 Å². The lowest BCUT2D eigenvalue weighted by Gasteiger charge is -2.15. The molecule has 0 radical (unpaired) electrons. The van der Waals surface area contributed by atoms with E-state index in [4.69, 9.17) is 4.18 Å². The van der Waals surface area contributed by atoms with E-state index in [0.29, 0.717) is 6.42 Å². The third kappa shape index (κ3) is 3.22. The van der Waals surface area contributed by atoms with Crippen molar-refractivity contribution in [3.05, 3.63) is 42.0 Å². The molecule has 0 saturated carbocycles. The second kappa shape index (κ2) is 5.32. The molecule has 0 aromatic heterocycles. The molecule has 2 nitrogen and oxygen atoms in total. The van der Waals surface area contributed by atoms with Crippen LogP contribution in [0.5, 0.6) is 0 Å². The smallest absolute Gasteiger partial charge is 0.155 e. The van der Waals surface area contributed by atoms with E-state index in [-0.39, 0.29) is 11.9 Å². The molecular weight excluding hydrogens is 220 g/mol. The van der Waals surface area contributed by atoms with Crippen LogP contribution in [0.25, 0.3) is 0 Å². The largest absolute Gasteiger partial charge is 0.303 e. The molecule has 0 bridgehead atoms. The molecule has 0 heterocycles. The van der Waals surface area contributed by atoms with E-state index in [1.807, 2.05) is 18.2 Å². The third-order valence-corrected chi connectivity index (χ3v) is 3.27. The molecule has 0 N–H and O–H groups in total. The van der Waals surface area contributed by atoms with Crippen molar-refractivity contribution in [1.82, 2.24) is 0 Å². The van der Waals surface area contributed by atoms with Gasteiger partial charge in [0, 0.05) is 23.4 Å². The maximum atomic E-state index is 11.0. The molecule has 1 aromatic carbocycles. The molecule has 0 saturated heterocycles. The number of rotatable bonds is 3. The lowest BCUT2D eigenvalue weighted by atomic mass is 10.0. The van der Waals surface area contributed by atoms with Crippen LogP contribution < -0.4 is 0 Å². The molecule has 1 aliphatic carbocycles. The number of hydrogen-bond donors (Lipinski definition) is 0. The molecule has 1 aromatic rings. The Kier molecular flexibility index (Phi) is 3.80. The number of carbonyl (C=O) groups excluding carboxylic acids is 1. The zero-order valence-corrected chi connectivity index (χ0v) is 10.00. The lowest BCUT2D eigenvalue weighted by Crippen LogP contribution is -2.13. The fourth-order valence-corrected chi connectivity index (χ4v) is 2.11. The van der Waals surface area contributed by atoms with E-state index in [9.17, 15) is 4.79 Å². The fourth-order valence-electron chi connectivity index (χ4n) is 1.47. The van der Waals surface area contributed by atoms with Gasteiger partial charge >= 0.3 is 0 Å². The van der Waals surface area contributed by atoms with E-state index < -0.39 is 0 Å². The SMILES string of the molecule is Cc1ccc(SOC2C=CC(=O)CC2)cc1. The molecule has 2 rings (SSSR count). The summed E-state index contributed by atoms with van der Waals surface area (Å²) < 4.78 is 5.63. The summed E-state index contributed by atoms with van der Waals surface area (Å²) in [6.45, 7) is 2.06. The first-order valence-corrected chi connectivity index (χ1v) is 6.09. The fraction of sp³-hybridized carbons (Fsp3) is 0.308. The Labute approximate surface area is 99.9 Å². The predicted octanol–water partition coefficient (Wildman–Crippen LogP) is 3.31. The highest BCUT2D eigenvalue weighted by atomic mass is 32.2. The van der Waals surface area contributed by atoms with Gasteiger partial charge in [-0.25, -0.2) is 0 Å². The molecule has 0 aliphatic heterocycles. The zero-order valence-electron chi connectivity index (χ0n) is 9.18. The van der Waals surface area contributed by atoms with E-state index >= 15 is 0 Å². The van der Waals surface area contributed by atoms with Gasteiger partial charge in [-0.2, -0.15) is 0 Å². The Bertz CT molecular complexity index is 395. The van der Waals surface area contributed by atoms with Gasteiger partial charge in [0.05, 0.1) is 6.10 Å². The lowest BCUT2D eigenvalue weighted by molar-refractivity contribution is -0.115. The highest BCUT2D eigenvalue weighted by molar-refractivity contribution is 7.94. The maximum Gasteiger partial charge on any atom is 0.155 e. The molecule has 0 fully saturated rings. The quantitative estimate of drug-likeness (QED) is 0.751. The van der Waals surface area contributed by atoms with Crippen LogP contribution in [0.2, 0.25) is 0 Å². The summed E-state index contributed by atoms with van der Waals surface area (Å²) in [4.78, 5) is 12.1. The Morgan fingerprint density at radius 2 is 2.06 bits per heavy atom. The van der Waals surface area contributed by atoms with Gasteiger partial charge in [-0.15, -0.1) is 0 Å². The Morgan fingerprint density at radius 1 is 1.31 bits per heavy atom. The molecule has 0 spiro atoms. The number of hydrogen-bond acceptors (Lipinski definition) is 3. The Morgan fingerprint density at radius 3 is 2.69 bits per heavy atom. The molecule has 1 unspecified atom stereocenters. The van der Waals surface area contributed by atoms with Gasteiger partial charge in [-0.3, -0.25) is 4.79 Å². The predicted molar refractivity (Wildman–Crippen MR) is 65.3 cm³/mol. The van der Waals surface area contributed by atoms with Crippen molar-refractivity contribution >= 4 is 17.8 Å². The van der Waals surface area contributed by atoms with Gasteiger partial charge in [-0.05, 0) is 31.6 Å². The highest BCUT2D eigenvalue weighted by Gasteiger charge is 2.13. The van der Waals surface area contributed by atoms with Gasteiger partial charge < -0.3 is 4.18 Å². The van der Waals surface area contributed by atoms with Crippen LogP contribution in [0.15, 0.2) is 41.3 Å². The zero-order chi connectivity index (χ0) is 11.4. The van der Waals surface area contributed by atoms with Crippen LogP contribution in [-0.2, 0) is 8.98 Å². The summed E-state index contributed by atoms with van der Waals surface area (Å²) in [7, 11) is 0. The van der Waals surface area contributed by atoms with Gasteiger partial charge in [0.15, 0.2) is 5.78 Å². The van der Waals surface area contributed by atoms with Crippen molar-refractivity contribution < 1.29 is 8.98 Å². The molecule has 1 aliphatic rings. The van der Waals surface area contributed by atoms with Crippen LogP contribution in [0.4, 0.5) is 0 Å². The Hall–Kier alpha value is -1.06. The first-order chi connectivity index (χ1) is 7.74. The standard InChI is InChI=1S/C13H14O2S/c1-10-2-8-13(9-3-10)16-15-12-6-4-11(14)5-7-12/h2-4,6,8-9,12H,5,7H2,1H3. The van der Waals surface area contributed by atoms with Crippen molar-refractivity contribution in [2.24, 2.45) is 0 Å². The molecule has 3 heteroatoms. The number of ketones is 1. The minimum Gasteiger partial charge on any atom is -0.303 e. The number of allylic oxidation sites excluding steroid dienone is 1. The molecule has 16 heavy (non-hydrogen) atoms. The second-order valence-corrected chi connectivity index (χ2v) is 4.73. The van der Waals surface area contributed by atoms with Gasteiger partial charge in [0.1, 0.15) is 0 Å². The topological polar surface area (TPSA) is 26.3 Å². The summed E-state index contributed by atoms with van der Waals surface area (Å²) >= 11 is 1.37. The first-order valence-electron chi connectivity index (χ1n) is 5.35. The van der Waals surface area contributed by atoms with Gasteiger partial charge in [-0.1, -0.05) is 23.8 Å². The van der Waals surface area contributed by atoms with E-state index in [1.165, 1.54) is 17.6 Å². The summed E-state index contributed by atoms with van der Waals surface area (Å²) in [5.74, 6) is 0.195. The van der Waals surface area contributed by atoms with Crippen molar-refractivity contribution in [2.45, 2.75) is 30.8 Å². The summed E-state index contributed by atoms with van der Waals surface area (Å²) in [6.07, 6.45) is 4.89. The van der Waals surface area contributed by atoms with E-state index in [0.717, 1.165) is 11.3 Å². The van der Waals surface area contributed by atoms with E-state index in [2.05, 4.69) is 19.1 Å². The summed E-state index contributed by atoms with van der Waals surface area (Å²) in [5, 5.41) is 0. The number of carbonyl (C=O) groups is 1. The second-order valence-electron chi connectivity index (χ2n) is 3.90. The van der Waals surface area contributed by atoms with Gasteiger partial charge in [0.2, 0.25) is 0 Å². The molecule has 84 valence electrons. The first kappa shape index (κ1) is 11.4. The third-order valence-electron chi connectivity index (χ3n) is 2.46. The minimum absolute atomic E-state index is 0.0593. The molecule has 1 atom stereocenters. The van der Waals surface area contributed by atoms with Gasteiger partial charge in [0.25, 0.3) is 0 Å². The Balaban J connectivity index is 1.85. The van der Waals surface area contributed by atoms with E-state index in [1.54, 1.807) is 6.08 Å². The van der Waals surface area contributed by atoms with Crippen LogP contribution >= 0.6 is 12.0 Å². The maximum absolute atomic E-state index is 11.0. The van der Waals surface area contributed by atoms with Crippen molar-refractivity contribution in [1.29, 1.82) is 0 Å². The van der Waals surface area contributed by atoms with Crippen LogP contribution in [0.1, 0.15) is 18.4 Å². The van der Waals surface area contributed by atoms with Crippen LogP contribution in [0, 0.1) is 6.92 Å². The number of aryl methyl sites for hydroxylation is 1. The van der Waals surface area contributed by atoms with Crippen molar-refractivity contribution in [3.63, 3.8) is 0 Å². The average molecular weight is 234 g/mol. The summed E-state index contributed by atoms with van der Waals surface area (Å²) in [5.41, 5.74) is 1.24. The van der Waals surface area contributed by atoms with Crippen LogP contribution in [-0.4, -0.2) is 11.9 Å². The van der Waals surface area contributed by atoms with Crippen LogP contribution in [0.3, 0.4) is 0 Å².